The molecule has 0 heterocycles. The molecule has 0 amide bonds. The Labute approximate surface area is 112 Å². The molecule has 0 aromatic heterocycles. The predicted octanol–water partition coefficient (Wildman–Crippen LogP) is 3.88. The van der Waals surface area contributed by atoms with Crippen LogP contribution in [0.5, 0.6) is 5.75 Å². The van der Waals surface area contributed by atoms with Gasteiger partial charge >= 0.3 is 0 Å². The topological polar surface area (TPSA) is 35.2 Å². The second-order valence-electron chi connectivity index (χ2n) is 5.12. The predicted molar refractivity (Wildman–Crippen MR) is 78.3 cm³/mol. The Morgan fingerprint density at radius 2 is 2.00 bits per heavy atom. The zero-order valence-corrected chi connectivity index (χ0v) is 12.0. The molecule has 18 heavy (non-hydrogen) atoms. The molecule has 102 valence electrons. The van der Waals surface area contributed by atoms with Crippen LogP contribution in [0.15, 0.2) is 18.2 Å². The molecule has 2 heteroatoms. The van der Waals surface area contributed by atoms with Gasteiger partial charge in [0.2, 0.25) is 0 Å². The molecule has 0 aliphatic carbocycles. The fourth-order valence-electron chi connectivity index (χ4n) is 2.02. The Hall–Kier alpha value is -1.02. The molecule has 0 unspecified atom stereocenters. The lowest BCUT2D eigenvalue weighted by molar-refractivity contribution is 0.313. The summed E-state index contributed by atoms with van der Waals surface area (Å²) < 4.78 is 5.81. The average Bonchev–Trinajstić information content (AvgIpc) is 2.37. The first-order valence-electron chi connectivity index (χ1n) is 7.14. The molecule has 0 radical (unpaired) electrons. The van der Waals surface area contributed by atoms with Gasteiger partial charge in [0, 0.05) is 0 Å². The molecule has 2 nitrogen and oxygen atoms in total. The average molecular weight is 249 g/mol. The molecule has 0 saturated heterocycles. The van der Waals surface area contributed by atoms with E-state index in [4.69, 9.17) is 10.5 Å². The highest BCUT2D eigenvalue weighted by molar-refractivity contribution is 5.39. The van der Waals surface area contributed by atoms with Crippen LogP contribution in [-0.2, 0) is 6.42 Å². The molecule has 0 aliphatic rings. The van der Waals surface area contributed by atoms with Gasteiger partial charge in [0.15, 0.2) is 0 Å². The van der Waals surface area contributed by atoms with Crippen molar-refractivity contribution < 1.29 is 4.74 Å². The van der Waals surface area contributed by atoms with Crippen LogP contribution in [0, 0.1) is 0 Å². The van der Waals surface area contributed by atoms with Crippen molar-refractivity contribution in [3.63, 3.8) is 0 Å². The maximum absolute atomic E-state index is 5.81. The van der Waals surface area contributed by atoms with Crippen LogP contribution in [0.25, 0.3) is 0 Å². The van der Waals surface area contributed by atoms with Gasteiger partial charge in [-0.1, -0.05) is 32.9 Å². The summed E-state index contributed by atoms with van der Waals surface area (Å²) in [5.41, 5.74) is 8.26. The minimum absolute atomic E-state index is 0.506. The summed E-state index contributed by atoms with van der Waals surface area (Å²) in [6.07, 6.45) is 4.44. The SMILES string of the molecule is CCCOc1ccc(CCCCN)cc1C(C)C. The van der Waals surface area contributed by atoms with Crippen molar-refractivity contribution in [2.75, 3.05) is 13.2 Å². The number of rotatable bonds is 8. The van der Waals surface area contributed by atoms with Crippen molar-refractivity contribution >= 4 is 0 Å². The van der Waals surface area contributed by atoms with Gasteiger partial charge in [0.1, 0.15) is 5.75 Å². The Bertz CT molecular complexity index is 347. The highest BCUT2D eigenvalue weighted by Crippen LogP contribution is 2.28. The third-order valence-electron chi connectivity index (χ3n) is 3.08. The largest absolute Gasteiger partial charge is 0.493 e. The van der Waals surface area contributed by atoms with Crippen LogP contribution in [0.3, 0.4) is 0 Å². The summed E-state index contributed by atoms with van der Waals surface area (Å²) in [4.78, 5) is 0. The maximum atomic E-state index is 5.81. The van der Waals surface area contributed by atoms with E-state index in [-0.39, 0.29) is 0 Å². The van der Waals surface area contributed by atoms with Gasteiger partial charge in [-0.3, -0.25) is 0 Å². The zero-order valence-electron chi connectivity index (χ0n) is 12.0. The van der Waals surface area contributed by atoms with Crippen LogP contribution < -0.4 is 10.5 Å². The van der Waals surface area contributed by atoms with Crippen molar-refractivity contribution in [3.05, 3.63) is 29.3 Å². The normalized spacial score (nSPS) is 10.9. The van der Waals surface area contributed by atoms with Crippen molar-refractivity contribution in [2.45, 2.75) is 52.4 Å². The Kier molecular flexibility index (Phi) is 6.81. The van der Waals surface area contributed by atoms with Crippen LogP contribution in [-0.4, -0.2) is 13.2 Å². The number of nitrogens with two attached hydrogens (primary N) is 1. The van der Waals surface area contributed by atoms with E-state index in [1.54, 1.807) is 0 Å². The van der Waals surface area contributed by atoms with E-state index in [9.17, 15) is 0 Å². The molecule has 1 aromatic rings. The molecule has 1 rings (SSSR count). The summed E-state index contributed by atoms with van der Waals surface area (Å²) in [5, 5.41) is 0. The molecule has 2 N–H and O–H groups in total. The molecule has 0 spiro atoms. The fraction of sp³-hybridized carbons (Fsp3) is 0.625. The van der Waals surface area contributed by atoms with E-state index in [1.165, 1.54) is 17.5 Å². The van der Waals surface area contributed by atoms with E-state index < -0.39 is 0 Å². The number of hydrogen-bond donors (Lipinski definition) is 1. The van der Waals surface area contributed by atoms with Crippen molar-refractivity contribution in [1.82, 2.24) is 0 Å². The first-order valence-corrected chi connectivity index (χ1v) is 7.14. The summed E-state index contributed by atoms with van der Waals surface area (Å²) >= 11 is 0. The summed E-state index contributed by atoms with van der Waals surface area (Å²) in [6, 6.07) is 6.61. The number of unbranched alkanes of at least 4 members (excludes halogenated alkanes) is 1. The second-order valence-corrected chi connectivity index (χ2v) is 5.12. The lowest BCUT2D eigenvalue weighted by Crippen LogP contribution is -2.02. The third kappa shape index (κ3) is 4.69. The quantitative estimate of drug-likeness (QED) is 0.710. The molecule has 0 aliphatic heterocycles. The van der Waals surface area contributed by atoms with E-state index in [0.717, 1.165) is 38.2 Å². The number of aryl methyl sites for hydroxylation is 1. The minimum Gasteiger partial charge on any atom is -0.493 e. The van der Waals surface area contributed by atoms with Crippen LogP contribution >= 0.6 is 0 Å². The van der Waals surface area contributed by atoms with Crippen LogP contribution in [0.1, 0.15) is 57.1 Å². The lowest BCUT2D eigenvalue weighted by atomic mass is 9.97. The van der Waals surface area contributed by atoms with Crippen LogP contribution in [0.2, 0.25) is 0 Å². The van der Waals surface area contributed by atoms with Gasteiger partial charge in [-0.05, 0) is 55.3 Å². The van der Waals surface area contributed by atoms with Crippen molar-refractivity contribution in [3.8, 4) is 5.75 Å². The van der Waals surface area contributed by atoms with Gasteiger partial charge in [0.25, 0.3) is 0 Å². The molecule has 0 bridgehead atoms. The highest BCUT2D eigenvalue weighted by Gasteiger charge is 2.08. The summed E-state index contributed by atoms with van der Waals surface area (Å²) in [5.74, 6) is 1.56. The molecule has 0 fully saturated rings. The first-order chi connectivity index (χ1) is 8.69. The molecular weight excluding hydrogens is 222 g/mol. The lowest BCUT2D eigenvalue weighted by Gasteiger charge is -2.15. The standard InChI is InChI=1S/C16H27NO/c1-4-11-18-16-9-8-14(7-5-6-10-17)12-15(16)13(2)3/h8-9,12-13H,4-7,10-11,17H2,1-3H3. The first kappa shape index (κ1) is 15.0. The van der Waals surface area contributed by atoms with Gasteiger partial charge in [0.05, 0.1) is 6.61 Å². The Morgan fingerprint density at radius 3 is 2.61 bits per heavy atom. The monoisotopic (exact) mass is 249 g/mol. The zero-order chi connectivity index (χ0) is 13.4. The molecule has 1 aromatic carbocycles. The maximum Gasteiger partial charge on any atom is 0.122 e. The summed E-state index contributed by atoms with van der Waals surface area (Å²) in [6.45, 7) is 8.16. The van der Waals surface area contributed by atoms with E-state index in [0.29, 0.717) is 5.92 Å². The van der Waals surface area contributed by atoms with Gasteiger partial charge in [-0.15, -0.1) is 0 Å². The fourth-order valence-corrected chi connectivity index (χ4v) is 2.02. The van der Waals surface area contributed by atoms with E-state index in [2.05, 4.69) is 39.0 Å². The number of benzene rings is 1. The van der Waals surface area contributed by atoms with Gasteiger partial charge < -0.3 is 10.5 Å². The van der Waals surface area contributed by atoms with Crippen molar-refractivity contribution in [2.24, 2.45) is 5.73 Å². The molecular formula is C16H27NO. The Morgan fingerprint density at radius 1 is 1.22 bits per heavy atom. The number of ether oxygens (including phenoxy) is 1. The van der Waals surface area contributed by atoms with Crippen molar-refractivity contribution in [1.29, 1.82) is 0 Å². The smallest absolute Gasteiger partial charge is 0.122 e. The molecule has 0 atom stereocenters. The Balaban J connectivity index is 2.75. The van der Waals surface area contributed by atoms with E-state index in [1.807, 2.05) is 0 Å². The van der Waals surface area contributed by atoms with Gasteiger partial charge in [-0.25, -0.2) is 0 Å². The third-order valence-corrected chi connectivity index (χ3v) is 3.08. The molecule has 0 saturated carbocycles. The highest BCUT2D eigenvalue weighted by atomic mass is 16.5. The number of hydrogen-bond acceptors (Lipinski definition) is 2. The summed E-state index contributed by atoms with van der Waals surface area (Å²) in [7, 11) is 0. The second kappa shape index (κ2) is 8.15. The van der Waals surface area contributed by atoms with Gasteiger partial charge in [-0.2, -0.15) is 0 Å². The van der Waals surface area contributed by atoms with E-state index >= 15 is 0 Å². The van der Waals surface area contributed by atoms with Crippen LogP contribution in [0.4, 0.5) is 0 Å². The minimum atomic E-state index is 0.506.